The van der Waals surface area contributed by atoms with Gasteiger partial charge in [-0.05, 0) is 12.8 Å². The van der Waals surface area contributed by atoms with E-state index in [1.165, 1.54) is 0 Å². The van der Waals surface area contributed by atoms with Gasteiger partial charge in [-0.25, -0.2) is 0 Å². The number of hydrogen-bond donors (Lipinski definition) is 2. The summed E-state index contributed by atoms with van der Waals surface area (Å²) in [6.07, 6.45) is 1.82. The van der Waals surface area contributed by atoms with E-state index in [9.17, 15) is 4.79 Å². The Morgan fingerprint density at radius 2 is 2.00 bits per heavy atom. The van der Waals surface area contributed by atoms with Gasteiger partial charge >= 0.3 is 0 Å². The molecule has 0 aromatic heterocycles. The highest BCUT2D eigenvalue weighted by Crippen LogP contribution is 2.06. The molecule has 0 spiro atoms. The van der Waals surface area contributed by atoms with Crippen LogP contribution in [0.3, 0.4) is 0 Å². The van der Waals surface area contributed by atoms with Crippen molar-refractivity contribution in [3.05, 3.63) is 0 Å². The molecule has 0 aromatic rings. The average Bonchev–Trinajstić information content (AvgIpc) is 2.03. The SMILES string of the molecule is CCC(CC)C(=O)NCCN. The van der Waals surface area contributed by atoms with Crippen LogP contribution in [-0.4, -0.2) is 19.0 Å². The van der Waals surface area contributed by atoms with Crippen molar-refractivity contribution in [2.24, 2.45) is 11.7 Å². The summed E-state index contributed by atoms with van der Waals surface area (Å²) >= 11 is 0. The van der Waals surface area contributed by atoms with Gasteiger partial charge < -0.3 is 11.1 Å². The van der Waals surface area contributed by atoms with Crippen LogP contribution in [0.25, 0.3) is 0 Å². The first-order valence-electron chi connectivity index (χ1n) is 4.24. The number of hydrogen-bond acceptors (Lipinski definition) is 2. The van der Waals surface area contributed by atoms with E-state index in [-0.39, 0.29) is 11.8 Å². The van der Waals surface area contributed by atoms with E-state index < -0.39 is 0 Å². The van der Waals surface area contributed by atoms with E-state index in [0.717, 1.165) is 12.8 Å². The Hall–Kier alpha value is -0.570. The van der Waals surface area contributed by atoms with Gasteiger partial charge in [-0.15, -0.1) is 0 Å². The summed E-state index contributed by atoms with van der Waals surface area (Å²) in [4.78, 5) is 11.2. The number of rotatable bonds is 5. The van der Waals surface area contributed by atoms with Crippen LogP contribution < -0.4 is 11.1 Å². The second kappa shape index (κ2) is 6.16. The third kappa shape index (κ3) is 3.98. The van der Waals surface area contributed by atoms with E-state index in [2.05, 4.69) is 5.32 Å². The Morgan fingerprint density at radius 3 is 2.36 bits per heavy atom. The molecule has 0 heterocycles. The second-order valence-corrected chi connectivity index (χ2v) is 2.59. The Labute approximate surface area is 68.3 Å². The van der Waals surface area contributed by atoms with Gasteiger partial charge in [-0.1, -0.05) is 13.8 Å². The average molecular weight is 158 g/mol. The normalized spacial score (nSPS) is 10.2. The van der Waals surface area contributed by atoms with Gasteiger partial charge in [0.2, 0.25) is 5.91 Å². The molecular weight excluding hydrogens is 140 g/mol. The highest BCUT2D eigenvalue weighted by Gasteiger charge is 2.12. The van der Waals surface area contributed by atoms with Crippen molar-refractivity contribution in [3.8, 4) is 0 Å². The van der Waals surface area contributed by atoms with Crippen molar-refractivity contribution >= 4 is 5.91 Å². The van der Waals surface area contributed by atoms with Crippen LogP contribution in [0.2, 0.25) is 0 Å². The predicted molar refractivity (Wildman–Crippen MR) is 46.1 cm³/mol. The molecule has 66 valence electrons. The van der Waals surface area contributed by atoms with Crippen molar-refractivity contribution in [1.29, 1.82) is 0 Å². The molecule has 0 aliphatic heterocycles. The number of carbonyl (C=O) groups excluding carboxylic acids is 1. The van der Waals surface area contributed by atoms with Crippen LogP contribution in [-0.2, 0) is 4.79 Å². The quantitative estimate of drug-likeness (QED) is 0.612. The highest BCUT2D eigenvalue weighted by molar-refractivity contribution is 5.78. The zero-order valence-corrected chi connectivity index (χ0v) is 7.39. The van der Waals surface area contributed by atoms with E-state index in [0.29, 0.717) is 13.1 Å². The number of nitrogens with one attached hydrogen (secondary N) is 1. The molecule has 0 aliphatic rings. The van der Waals surface area contributed by atoms with Gasteiger partial charge in [0.25, 0.3) is 0 Å². The third-order valence-corrected chi connectivity index (χ3v) is 1.80. The maximum absolute atomic E-state index is 11.2. The summed E-state index contributed by atoms with van der Waals surface area (Å²) in [6, 6.07) is 0. The molecule has 0 fully saturated rings. The number of nitrogens with two attached hydrogens (primary N) is 1. The Kier molecular flexibility index (Phi) is 5.84. The van der Waals surface area contributed by atoms with Gasteiger partial charge in [-0.3, -0.25) is 4.79 Å². The topological polar surface area (TPSA) is 55.1 Å². The maximum Gasteiger partial charge on any atom is 0.223 e. The van der Waals surface area contributed by atoms with Crippen molar-refractivity contribution in [1.82, 2.24) is 5.32 Å². The predicted octanol–water partition coefficient (Wildman–Crippen LogP) is 0.497. The molecule has 3 heteroatoms. The van der Waals surface area contributed by atoms with Crippen molar-refractivity contribution < 1.29 is 4.79 Å². The first-order chi connectivity index (χ1) is 5.26. The molecule has 0 saturated heterocycles. The summed E-state index contributed by atoms with van der Waals surface area (Å²) in [5.41, 5.74) is 5.25. The first kappa shape index (κ1) is 10.4. The van der Waals surface area contributed by atoms with E-state index in [4.69, 9.17) is 5.73 Å². The summed E-state index contributed by atoms with van der Waals surface area (Å²) in [6.45, 7) is 5.16. The molecule has 0 saturated carbocycles. The zero-order valence-electron chi connectivity index (χ0n) is 7.39. The number of amides is 1. The van der Waals surface area contributed by atoms with Crippen LogP contribution in [0, 0.1) is 5.92 Å². The third-order valence-electron chi connectivity index (χ3n) is 1.80. The van der Waals surface area contributed by atoms with Crippen LogP contribution in [0.4, 0.5) is 0 Å². The highest BCUT2D eigenvalue weighted by atomic mass is 16.1. The van der Waals surface area contributed by atoms with Crippen LogP contribution in [0.5, 0.6) is 0 Å². The minimum Gasteiger partial charge on any atom is -0.355 e. The number of carbonyl (C=O) groups is 1. The summed E-state index contributed by atoms with van der Waals surface area (Å²) < 4.78 is 0. The molecule has 0 aliphatic carbocycles. The first-order valence-corrected chi connectivity index (χ1v) is 4.24. The standard InChI is InChI=1S/C8H18N2O/c1-3-7(4-2)8(11)10-6-5-9/h7H,3-6,9H2,1-2H3,(H,10,11). The van der Waals surface area contributed by atoms with Gasteiger partial charge in [-0.2, -0.15) is 0 Å². The zero-order chi connectivity index (χ0) is 8.69. The fourth-order valence-corrected chi connectivity index (χ4v) is 0.999. The molecule has 11 heavy (non-hydrogen) atoms. The smallest absolute Gasteiger partial charge is 0.223 e. The van der Waals surface area contributed by atoms with Gasteiger partial charge in [0, 0.05) is 19.0 Å². The molecular formula is C8H18N2O. The molecule has 3 nitrogen and oxygen atoms in total. The monoisotopic (exact) mass is 158 g/mol. The van der Waals surface area contributed by atoms with Crippen molar-refractivity contribution in [3.63, 3.8) is 0 Å². The lowest BCUT2D eigenvalue weighted by Crippen LogP contribution is -2.33. The largest absolute Gasteiger partial charge is 0.355 e. The maximum atomic E-state index is 11.2. The summed E-state index contributed by atoms with van der Waals surface area (Å²) in [5.74, 6) is 0.307. The van der Waals surface area contributed by atoms with E-state index >= 15 is 0 Å². The Balaban J connectivity index is 3.61. The molecule has 3 N–H and O–H groups in total. The van der Waals surface area contributed by atoms with Crippen LogP contribution in [0.1, 0.15) is 26.7 Å². The Morgan fingerprint density at radius 1 is 1.45 bits per heavy atom. The molecule has 0 radical (unpaired) electrons. The second-order valence-electron chi connectivity index (χ2n) is 2.59. The lowest BCUT2D eigenvalue weighted by Gasteiger charge is -2.11. The molecule has 1 amide bonds. The van der Waals surface area contributed by atoms with Crippen LogP contribution in [0.15, 0.2) is 0 Å². The minimum atomic E-state index is 0.139. The molecule has 0 aromatic carbocycles. The fraction of sp³-hybridized carbons (Fsp3) is 0.875. The van der Waals surface area contributed by atoms with Gasteiger partial charge in [0.1, 0.15) is 0 Å². The van der Waals surface area contributed by atoms with Crippen molar-refractivity contribution in [2.75, 3.05) is 13.1 Å². The minimum absolute atomic E-state index is 0.139. The molecule has 0 rings (SSSR count). The summed E-state index contributed by atoms with van der Waals surface area (Å²) in [5, 5.41) is 2.77. The van der Waals surface area contributed by atoms with Gasteiger partial charge in [0.05, 0.1) is 0 Å². The Bertz CT molecular complexity index is 111. The van der Waals surface area contributed by atoms with Gasteiger partial charge in [0.15, 0.2) is 0 Å². The van der Waals surface area contributed by atoms with Crippen LogP contribution >= 0.6 is 0 Å². The molecule has 0 bridgehead atoms. The molecule has 0 atom stereocenters. The fourth-order valence-electron chi connectivity index (χ4n) is 0.999. The molecule has 0 unspecified atom stereocenters. The van der Waals surface area contributed by atoms with E-state index in [1.54, 1.807) is 0 Å². The van der Waals surface area contributed by atoms with E-state index in [1.807, 2.05) is 13.8 Å². The van der Waals surface area contributed by atoms with Crippen molar-refractivity contribution in [2.45, 2.75) is 26.7 Å². The summed E-state index contributed by atoms with van der Waals surface area (Å²) in [7, 11) is 0. The lowest BCUT2D eigenvalue weighted by atomic mass is 10.0. The lowest BCUT2D eigenvalue weighted by molar-refractivity contribution is -0.125.